The topological polar surface area (TPSA) is 49.8 Å². The van der Waals surface area contributed by atoms with Crippen LogP contribution in [0.1, 0.15) is 38.5 Å². The van der Waals surface area contributed by atoms with Gasteiger partial charge in [-0.05, 0) is 12.8 Å². The summed E-state index contributed by atoms with van der Waals surface area (Å²) in [5.41, 5.74) is 0. The van der Waals surface area contributed by atoms with Gasteiger partial charge in [0.2, 0.25) is 0 Å². The van der Waals surface area contributed by atoms with Crippen molar-refractivity contribution in [2.75, 3.05) is 19.7 Å². The number of hydrogen-bond acceptors (Lipinski definition) is 3. The summed E-state index contributed by atoms with van der Waals surface area (Å²) >= 11 is 0. The molecular formula is C12H21NO3. The Morgan fingerprint density at radius 2 is 1.88 bits per heavy atom. The molecular weight excluding hydrogens is 206 g/mol. The number of morpholine rings is 1. The minimum Gasteiger partial charge on any atom is -0.479 e. The molecule has 0 amide bonds. The summed E-state index contributed by atoms with van der Waals surface area (Å²) < 4.78 is 5.25. The van der Waals surface area contributed by atoms with Gasteiger partial charge in [0.15, 0.2) is 6.10 Å². The van der Waals surface area contributed by atoms with E-state index in [0.717, 1.165) is 6.54 Å². The lowest BCUT2D eigenvalue weighted by Crippen LogP contribution is -2.50. The fourth-order valence-electron chi connectivity index (χ4n) is 2.77. The third-order valence-corrected chi connectivity index (χ3v) is 3.71. The average molecular weight is 227 g/mol. The van der Waals surface area contributed by atoms with E-state index in [1.807, 2.05) is 0 Å². The Morgan fingerprint density at radius 1 is 1.19 bits per heavy atom. The van der Waals surface area contributed by atoms with E-state index in [2.05, 4.69) is 4.90 Å². The van der Waals surface area contributed by atoms with Gasteiger partial charge < -0.3 is 9.84 Å². The lowest BCUT2D eigenvalue weighted by molar-refractivity contribution is -0.157. The molecule has 1 aliphatic heterocycles. The molecule has 1 saturated carbocycles. The van der Waals surface area contributed by atoms with Crippen LogP contribution >= 0.6 is 0 Å². The maximum absolute atomic E-state index is 10.9. The largest absolute Gasteiger partial charge is 0.479 e. The molecule has 1 N–H and O–H groups in total. The fraction of sp³-hybridized carbons (Fsp3) is 0.917. The molecule has 0 aromatic carbocycles. The van der Waals surface area contributed by atoms with Crippen LogP contribution in [0.4, 0.5) is 0 Å². The van der Waals surface area contributed by atoms with E-state index >= 15 is 0 Å². The van der Waals surface area contributed by atoms with Crippen LogP contribution in [0, 0.1) is 0 Å². The molecule has 2 fully saturated rings. The second-order valence-electron chi connectivity index (χ2n) is 4.84. The highest BCUT2D eigenvalue weighted by atomic mass is 16.5. The van der Waals surface area contributed by atoms with Gasteiger partial charge in [-0.25, -0.2) is 4.79 Å². The zero-order valence-electron chi connectivity index (χ0n) is 9.73. The Hall–Kier alpha value is -0.610. The van der Waals surface area contributed by atoms with Crippen LogP contribution < -0.4 is 0 Å². The van der Waals surface area contributed by atoms with E-state index in [1.54, 1.807) is 0 Å². The van der Waals surface area contributed by atoms with Crippen LogP contribution in [0.25, 0.3) is 0 Å². The van der Waals surface area contributed by atoms with E-state index in [9.17, 15) is 4.79 Å². The zero-order chi connectivity index (χ0) is 11.4. The van der Waals surface area contributed by atoms with E-state index in [1.165, 1.54) is 38.5 Å². The van der Waals surface area contributed by atoms with Crippen molar-refractivity contribution in [1.82, 2.24) is 4.90 Å². The van der Waals surface area contributed by atoms with Crippen LogP contribution in [0.3, 0.4) is 0 Å². The maximum Gasteiger partial charge on any atom is 0.334 e. The van der Waals surface area contributed by atoms with E-state index in [0.29, 0.717) is 19.2 Å². The van der Waals surface area contributed by atoms with Crippen molar-refractivity contribution in [2.45, 2.75) is 50.7 Å². The minimum absolute atomic E-state index is 0.563. The molecule has 1 aliphatic carbocycles. The summed E-state index contributed by atoms with van der Waals surface area (Å²) in [6.45, 7) is 2.03. The molecule has 1 atom stereocenters. The lowest BCUT2D eigenvalue weighted by Gasteiger charge is -2.36. The first-order chi connectivity index (χ1) is 7.77. The predicted molar refractivity (Wildman–Crippen MR) is 60.4 cm³/mol. The van der Waals surface area contributed by atoms with E-state index < -0.39 is 12.1 Å². The Labute approximate surface area is 96.6 Å². The molecule has 0 aromatic heterocycles. The number of nitrogens with zero attached hydrogens (tertiary/aromatic N) is 1. The Morgan fingerprint density at radius 3 is 2.50 bits per heavy atom. The Kier molecular flexibility index (Phi) is 4.18. The molecule has 1 heterocycles. The van der Waals surface area contributed by atoms with Gasteiger partial charge >= 0.3 is 5.97 Å². The molecule has 4 nitrogen and oxygen atoms in total. The number of rotatable bonds is 2. The average Bonchev–Trinajstić information content (AvgIpc) is 2.57. The number of carboxylic acids is 1. The summed E-state index contributed by atoms with van der Waals surface area (Å²) in [6, 6.07) is 0.591. The summed E-state index contributed by atoms with van der Waals surface area (Å²) in [5.74, 6) is -0.821. The summed E-state index contributed by atoms with van der Waals surface area (Å²) in [7, 11) is 0. The molecule has 0 radical (unpaired) electrons. The van der Waals surface area contributed by atoms with Gasteiger partial charge in [-0.15, -0.1) is 0 Å². The quantitative estimate of drug-likeness (QED) is 0.726. The lowest BCUT2D eigenvalue weighted by atomic mass is 10.1. The van der Waals surface area contributed by atoms with Crippen LogP contribution in [-0.4, -0.2) is 47.8 Å². The first kappa shape index (κ1) is 11.9. The fourth-order valence-corrected chi connectivity index (χ4v) is 2.77. The number of carbonyl (C=O) groups is 1. The van der Waals surface area contributed by atoms with Gasteiger partial charge in [-0.1, -0.05) is 25.7 Å². The van der Waals surface area contributed by atoms with Crippen LogP contribution in [0.2, 0.25) is 0 Å². The highest BCUT2D eigenvalue weighted by molar-refractivity contribution is 5.72. The van der Waals surface area contributed by atoms with Gasteiger partial charge in [-0.2, -0.15) is 0 Å². The molecule has 1 unspecified atom stereocenters. The first-order valence-electron chi connectivity index (χ1n) is 6.36. The van der Waals surface area contributed by atoms with Gasteiger partial charge in [-0.3, -0.25) is 4.90 Å². The van der Waals surface area contributed by atoms with E-state index in [-0.39, 0.29) is 0 Å². The smallest absolute Gasteiger partial charge is 0.334 e. The third-order valence-electron chi connectivity index (χ3n) is 3.71. The Bertz CT molecular complexity index is 236. The van der Waals surface area contributed by atoms with Gasteiger partial charge in [0.1, 0.15) is 0 Å². The van der Waals surface area contributed by atoms with Crippen LogP contribution in [0.15, 0.2) is 0 Å². The maximum atomic E-state index is 10.9. The standard InChI is InChI=1S/C12H21NO3/c14-12(15)11-9-13(7-8-16-11)10-5-3-1-2-4-6-10/h10-11H,1-9H2,(H,14,15). The second kappa shape index (κ2) is 5.64. The predicted octanol–water partition coefficient (Wildman–Crippen LogP) is 1.49. The summed E-state index contributed by atoms with van der Waals surface area (Å²) in [6.07, 6.45) is 7.10. The van der Waals surface area contributed by atoms with Crippen LogP contribution in [0.5, 0.6) is 0 Å². The van der Waals surface area contributed by atoms with Crippen molar-refractivity contribution in [3.63, 3.8) is 0 Å². The minimum atomic E-state index is -0.821. The second-order valence-corrected chi connectivity index (χ2v) is 4.84. The molecule has 16 heavy (non-hydrogen) atoms. The number of carboxylic acid groups (broad SMARTS) is 1. The highest BCUT2D eigenvalue weighted by Gasteiger charge is 2.30. The Balaban J connectivity index is 1.89. The molecule has 4 heteroatoms. The SMILES string of the molecule is O=C(O)C1CN(C2CCCCCC2)CCO1. The molecule has 0 bridgehead atoms. The highest BCUT2D eigenvalue weighted by Crippen LogP contribution is 2.23. The van der Waals surface area contributed by atoms with Crippen molar-refractivity contribution in [1.29, 1.82) is 0 Å². The van der Waals surface area contributed by atoms with Gasteiger partial charge in [0.25, 0.3) is 0 Å². The van der Waals surface area contributed by atoms with Crippen molar-refractivity contribution < 1.29 is 14.6 Å². The zero-order valence-corrected chi connectivity index (χ0v) is 9.73. The van der Waals surface area contributed by atoms with E-state index in [4.69, 9.17) is 9.84 Å². The number of aliphatic carboxylic acids is 1. The van der Waals surface area contributed by atoms with Crippen molar-refractivity contribution in [2.24, 2.45) is 0 Å². The molecule has 2 aliphatic rings. The normalized spacial score (nSPS) is 29.9. The number of ether oxygens (including phenoxy) is 1. The summed E-state index contributed by atoms with van der Waals surface area (Å²) in [5, 5.41) is 8.96. The van der Waals surface area contributed by atoms with Crippen molar-refractivity contribution >= 4 is 5.97 Å². The number of hydrogen-bond donors (Lipinski definition) is 1. The molecule has 1 saturated heterocycles. The van der Waals surface area contributed by atoms with Gasteiger partial charge in [0.05, 0.1) is 6.61 Å². The van der Waals surface area contributed by atoms with Crippen molar-refractivity contribution in [3.05, 3.63) is 0 Å². The molecule has 0 aromatic rings. The van der Waals surface area contributed by atoms with Gasteiger partial charge in [0, 0.05) is 19.1 Å². The summed E-state index contributed by atoms with van der Waals surface area (Å²) in [4.78, 5) is 13.2. The molecule has 0 spiro atoms. The molecule has 2 rings (SSSR count). The van der Waals surface area contributed by atoms with Crippen LogP contribution in [-0.2, 0) is 9.53 Å². The monoisotopic (exact) mass is 227 g/mol. The first-order valence-corrected chi connectivity index (χ1v) is 6.36. The third kappa shape index (κ3) is 2.95. The molecule has 92 valence electrons. The van der Waals surface area contributed by atoms with Crippen molar-refractivity contribution in [3.8, 4) is 0 Å².